The summed E-state index contributed by atoms with van der Waals surface area (Å²) < 4.78 is 10.8. The zero-order chi connectivity index (χ0) is 19.9. The van der Waals surface area contributed by atoms with Crippen LogP contribution in [0.4, 0.5) is 5.69 Å². The van der Waals surface area contributed by atoms with Crippen LogP contribution in [0.3, 0.4) is 0 Å². The van der Waals surface area contributed by atoms with Gasteiger partial charge >= 0.3 is 6.01 Å². The molecule has 0 radical (unpaired) electrons. The molecule has 3 aromatic rings. The maximum Gasteiger partial charge on any atom is 0.322 e. The molecule has 0 aliphatic rings. The van der Waals surface area contributed by atoms with Crippen molar-refractivity contribution >= 4 is 11.6 Å². The Labute approximate surface area is 164 Å². The van der Waals surface area contributed by atoms with Gasteiger partial charge in [0.2, 0.25) is 5.91 Å². The largest absolute Gasteiger partial charge is 0.497 e. The monoisotopic (exact) mass is 377 g/mol. The molecule has 0 unspecified atom stereocenters. The van der Waals surface area contributed by atoms with Crippen molar-refractivity contribution in [2.24, 2.45) is 0 Å². The van der Waals surface area contributed by atoms with Crippen molar-refractivity contribution in [2.75, 3.05) is 12.4 Å². The van der Waals surface area contributed by atoms with Gasteiger partial charge < -0.3 is 14.8 Å². The van der Waals surface area contributed by atoms with Gasteiger partial charge in [0, 0.05) is 6.42 Å². The Kier molecular flexibility index (Phi) is 6.22. The quantitative estimate of drug-likeness (QED) is 0.658. The lowest BCUT2D eigenvalue weighted by molar-refractivity contribution is -0.116. The summed E-state index contributed by atoms with van der Waals surface area (Å²) in [6, 6.07) is 17.3. The fraction of sp³-hybridized carbons (Fsp3) is 0.227. The molecule has 0 spiro atoms. The van der Waals surface area contributed by atoms with Crippen molar-refractivity contribution in [3.05, 3.63) is 71.5 Å². The number of rotatable bonds is 7. The van der Waals surface area contributed by atoms with Crippen molar-refractivity contribution < 1.29 is 14.3 Å². The molecular weight excluding hydrogens is 354 g/mol. The summed E-state index contributed by atoms with van der Waals surface area (Å²) in [5, 5.41) is 2.92. The summed E-state index contributed by atoms with van der Waals surface area (Å²) in [5.74, 6) is 1.38. The number of methoxy groups -OCH3 is 1. The van der Waals surface area contributed by atoms with Gasteiger partial charge in [0.05, 0.1) is 24.2 Å². The van der Waals surface area contributed by atoms with Crippen LogP contribution in [0.1, 0.15) is 23.4 Å². The van der Waals surface area contributed by atoms with E-state index in [0.717, 1.165) is 11.3 Å². The van der Waals surface area contributed by atoms with Gasteiger partial charge in [0.25, 0.3) is 0 Å². The normalized spacial score (nSPS) is 10.4. The molecule has 0 atom stereocenters. The van der Waals surface area contributed by atoms with E-state index in [1.807, 2.05) is 68.4 Å². The van der Waals surface area contributed by atoms with Crippen LogP contribution in [0.5, 0.6) is 17.5 Å². The number of benzene rings is 2. The minimum Gasteiger partial charge on any atom is -0.497 e. The van der Waals surface area contributed by atoms with E-state index in [1.165, 1.54) is 0 Å². The Morgan fingerprint density at radius 2 is 1.57 bits per heavy atom. The molecule has 0 bridgehead atoms. The third kappa shape index (κ3) is 5.07. The van der Waals surface area contributed by atoms with E-state index in [4.69, 9.17) is 9.47 Å². The second-order valence-electron chi connectivity index (χ2n) is 6.36. The molecule has 1 N–H and O–H groups in total. The van der Waals surface area contributed by atoms with E-state index >= 15 is 0 Å². The number of nitrogens with zero attached hydrogens (tertiary/aromatic N) is 2. The third-order valence-electron chi connectivity index (χ3n) is 4.27. The van der Waals surface area contributed by atoms with E-state index in [9.17, 15) is 4.79 Å². The highest BCUT2D eigenvalue weighted by Gasteiger charge is 2.13. The number of hydrogen-bond donors (Lipinski definition) is 1. The summed E-state index contributed by atoms with van der Waals surface area (Å²) in [5.41, 5.74) is 3.03. The molecule has 28 heavy (non-hydrogen) atoms. The van der Waals surface area contributed by atoms with Gasteiger partial charge in [-0.2, -0.15) is 9.97 Å². The van der Waals surface area contributed by atoms with Gasteiger partial charge in [-0.15, -0.1) is 0 Å². The average molecular weight is 377 g/mol. The molecule has 1 amide bonds. The van der Waals surface area contributed by atoms with E-state index < -0.39 is 0 Å². The standard InChI is InChI=1S/C22H23N3O3/c1-15-21(16(2)24-22(23-15)28-19-7-5-4-6-8-19)25-20(26)14-11-17-9-12-18(27-3)13-10-17/h4-10,12-13H,11,14H2,1-3H3,(H,25,26). The maximum atomic E-state index is 12.4. The summed E-state index contributed by atoms with van der Waals surface area (Å²) in [6.45, 7) is 3.65. The number of anilines is 1. The molecule has 0 aliphatic heterocycles. The highest BCUT2D eigenvalue weighted by atomic mass is 16.5. The minimum atomic E-state index is -0.0812. The molecule has 0 fully saturated rings. The summed E-state index contributed by atoms with van der Waals surface area (Å²) in [7, 11) is 1.63. The van der Waals surface area contributed by atoms with Crippen molar-refractivity contribution in [1.29, 1.82) is 0 Å². The molecule has 144 valence electrons. The number of ether oxygens (including phenoxy) is 2. The number of carbonyl (C=O) groups excluding carboxylic acids is 1. The first-order valence-corrected chi connectivity index (χ1v) is 9.06. The topological polar surface area (TPSA) is 73.3 Å². The maximum absolute atomic E-state index is 12.4. The van der Waals surface area contributed by atoms with Crippen LogP contribution >= 0.6 is 0 Å². The van der Waals surface area contributed by atoms with E-state index in [2.05, 4.69) is 15.3 Å². The lowest BCUT2D eigenvalue weighted by Gasteiger charge is -2.12. The van der Waals surface area contributed by atoms with Crippen molar-refractivity contribution in [3.8, 4) is 17.5 Å². The van der Waals surface area contributed by atoms with Crippen molar-refractivity contribution in [1.82, 2.24) is 9.97 Å². The number of aromatic nitrogens is 2. The zero-order valence-electron chi connectivity index (χ0n) is 16.2. The predicted molar refractivity (Wildman–Crippen MR) is 108 cm³/mol. The van der Waals surface area contributed by atoms with Crippen LogP contribution in [-0.2, 0) is 11.2 Å². The molecular formula is C22H23N3O3. The number of carbonyl (C=O) groups is 1. The second kappa shape index (κ2) is 8.99. The molecule has 3 rings (SSSR count). The third-order valence-corrected chi connectivity index (χ3v) is 4.27. The van der Waals surface area contributed by atoms with Gasteiger partial charge in [-0.1, -0.05) is 30.3 Å². The Balaban J connectivity index is 1.62. The van der Waals surface area contributed by atoms with Crippen molar-refractivity contribution in [2.45, 2.75) is 26.7 Å². The predicted octanol–water partition coefficient (Wildman–Crippen LogP) is 4.47. The Morgan fingerprint density at radius 3 is 2.18 bits per heavy atom. The number of amides is 1. The fourth-order valence-corrected chi connectivity index (χ4v) is 2.76. The van der Waals surface area contributed by atoms with Crippen LogP contribution in [-0.4, -0.2) is 23.0 Å². The number of aryl methyl sites for hydroxylation is 3. The second-order valence-corrected chi connectivity index (χ2v) is 6.36. The first-order chi connectivity index (χ1) is 13.5. The molecule has 1 aromatic heterocycles. The average Bonchev–Trinajstić information content (AvgIpc) is 2.70. The fourth-order valence-electron chi connectivity index (χ4n) is 2.76. The first kappa shape index (κ1) is 19.4. The Hall–Kier alpha value is -3.41. The minimum absolute atomic E-state index is 0.0812. The summed E-state index contributed by atoms with van der Waals surface area (Å²) >= 11 is 0. The smallest absolute Gasteiger partial charge is 0.322 e. The summed E-state index contributed by atoms with van der Waals surface area (Å²) in [6.07, 6.45) is 1.01. The number of hydrogen-bond acceptors (Lipinski definition) is 5. The number of para-hydroxylation sites is 1. The molecule has 6 nitrogen and oxygen atoms in total. The molecule has 6 heteroatoms. The van der Waals surface area contributed by atoms with Gasteiger partial charge in [-0.3, -0.25) is 4.79 Å². The zero-order valence-corrected chi connectivity index (χ0v) is 16.2. The molecule has 0 saturated heterocycles. The van der Waals surface area contributed by atoms with E-state index in [1.54, 1.807) is 7.11 Å². The Morgan fingerprint density at radius 1 is 0.929 bits per heavy atom. The van der Waals surface area contributed by atoms with Crippen molar-refractivity contribution in [3.63, 3.8) is 0 Å². The van der Waals surface area contributed by atoms with Crippen LogP contribution in [0, 0.1) is 13.8 Å². The summed E-state index contributed by atoms with van der Waals surface area (Å²) in [4.78, 5) is 21.1. The van der Waals surface area contributed by atoms with Gasteiger partial charge in [-0.05, 0) is 50.1 Å². The molecule has 0 saturated carbocycles. The Bertz CT molecular complexity index is 918. The lowest BCUT2D eigenvalue weighted by atomic mass is 10.1. The van der Waals surface area contributed by atoms with E-state index in [-0.39, 0.29) is 11.9 Å². The molecule has 2 aromatic carbocycles. The highest BCUT2D eigenvalue weighted by molar-refractivity contribution is 5.91. The van der Waals surface area contributed by atoms with Crippen LogP contribution in [0.15, 0.2) is 54.6 Å². The first-order valence-electron chi connectivity index (χ1n) is 9.06. The van der Waals surface area contributed by atoms with Gasteiger partial charge in [0.1, 0.15) is 11.5 Å². The van der Waals surface area contributed by atoms with E-state index in [0.29, 0.717) is 35.7 Å². The number of nitrogens with one attached hydrogen (secondary N) is 1. The highest BCUT2D eigenvalue weighted by Crippen LogP contribution is 2.23. The SMILES string of the molecule is COc1ccc(CCC(=O)Nc2c(C)nc(Oc3ccccc3)nc2C)cc1. The molecule has 1 heterocycles. The van der Waals surface area contributed by atoms with Crippen LogP contribution in [0.25, 0.3) is 0 Å². The van der Waals surface area contributed by atoms with Gasteiger partial charge in [-0.25, -0.2) is 0 Å². The van der Waals surface area contributed by atoms with Crippen LogP contribution in [0.2, 0.25) is 0 Å². The van der Waals surface area contributed by atoms with Gasteiger partial charge in [0.15, 0.2) is 0 Å². The van der Waals surface area contributed by atoms with Crippen LogP contribution < -0.4 is 14.8 Å². The lowest BCUT2D eigenvalue weighted by Crippen LogP contribution is -2.15. The molecule has 0 aliphatic carbocycles.